The molecule has 3 nitrogen and oxygen atoms in total. The summed E-state index contributed by atoms with van der Waals surface area (Å²) in [6.07, 6.45) is 0.515. The van der Waals surface area contributed by atoms with Gasteiger partial charge in [-0.3, -0.25) is 9.78 Å². The number of aromatic amines is 1. The van der Waals surface area contributed by atoms with Crippen LogP contribution in [0.15, 0.2) is 41.2 Å². The van der Waals surface area contributed by atoms with Crippen molar-refractivity contribution in [3.05, 3.63) is 61.6 Å². The molecule has 0 unspecified atom stereocenters. The van der Waals surface area contributed by atoms with Gasteiger partial charge in [-0.25, -0.2) is 4.39 Å². The highest BCUT2D eigenvalue weighted by atomic mass is 32.1. The highest BCUT2D eigenvalue weighted by molar-refractivity contribution is 7.15. The zero-order chi connectivity index (χ0) is 14.1. The summed E-state index contributed by atoms with van der Waals surface area (Å²) >= 11 is 2.57. The Morgan fingerprint density at radius 1 is 1.10 bits per heavy atom. The summed E-state index contributed by atoms with van der Waals surface area (Å²) in [4.78, 5) is 15.9. The fourth-order valence-corrected chi connectivity index (χ4v) is 3.74. The van der Waals surface area contributed by atoms with Crippen molar-refractivity contribution in [2.45, 2.75) is 6.42 Å². The first-order valence-electron chi connectivity index (χ1n) is 5.87. The van der Waals surface area contributed by atoms with E-state index in [0.29, 0.717) is 11.3 Å². The molecule has 0 spiro atoms. The minimum atomic E-state index is -0.257. The normalized spacial score (nSPS) is 10.8. The van der Waals surface area contributed by atoms with Crippen LogP contribution in [0.5, 0.6) is 5.88 Å². The number of rotatable bonds is 3. The molecule has 0 fully saturated rings. The van der Waals surface area contributed by atoms with Gasteiger partial charge in [0.15, 0.2) is 0 Å². The molecule has 0 amide bonds. The number of aromatic hydroxyl groups is 1. The number of halogens is 1. The van der Waals surface area contributed by atoms with Crippen molar-refractivity contribution < 1.29 is 9.50 Å². The predicted molar refractivity (Wildman–Crippen MR) is 79.1 cm³/mol. The number of benzene rings is 1. The van der Waals surface area contributed by atoms with Gasteiger partial charge in [-0.2, -0.15) is 0 Å². The molecule has 0 radical (unpaired) electrons. The summed E-state index contributed by atoms with van der Waals surface area (Å²) in [6, 6.07) is 10.2. The van der Waals surface area contributed by atoms with E-state index < -0.39 is 0 Å². The number of thiophene rings is 1. The number of hydrogen-bond donors (Lipinski definition) is 2. The van der Waals surface area contributed by atoms with Crippen molar-refractivity contribution in [2.75, 3.05) is 0 Å². The molecule has 1 aromatic carbocycles. The van der Waals surface area contributed by atoms with Crippen LogP contribution in [-0.4, -0.2) is 10.1 Å². The third-order valence-corrected chi connectivity index (χ3v) is 4.83. The molecule has 6 heteroatoms. The third-order valence-electron chi connectivity index (χ3n) is 2.83. The standard InChI is InChI=1S/C14H10FNO2S2/c15-9-3-1-8(2-4-9)11-6-5-10(19-11)7-12-13(17)16-14(18)20-12/h1-6,17H,7H2,(H,16,18). The third kappa shape index (κ3) is 2.66. The molecule has 3 aromatic rings. The van der Waals surface area contributed by atoms with Crippen LogP contribution in [0.3, 0.4) is 0 Å². The molecule has 0 aliphatic heterocycles. The van der Waals surface area contributed by atoms with Gasteiger partial charge in [-0.1, -0.05) is 23.5 Å². The maximum Gasteiger partial charge on any atom is 0.307 e. The van der Waals surface area contributed by atoms with Crippen molar-refractivity contribution in [1.82, 2.24) is 4.98 Å². The number of thiazole rings is 1. The molecule has 0 bridgehead atoms. The number of H-pyrrole nitrogens is 1. The molecule has 2 heterocycles. The van der Waals surface area contributed by atoms with E-state index in [4.69, 9.17) is 0 Å². The van der Waals surface area contributed by atoms with Crippen LogP contribution in [0.2, 0.25) is 0 Å². The van der Waals surface area contributed by atoms with E-state index in [0.717, 1.165) is 26.7 Å². The van der Waals surface area contributed by atoms with E-state index in [2.05, 4.69) is 4.98 Å². The van der Waals surface area contributed by atoms with E-state index in [1.165, 1.54) is 12.1 Å². The Hall–Kier alpha value is -1.92. The van der Waals surface area contributed by atoms with Gasteiger partial charge in [-0.15, -0.1) is 11.3 Å². The number of aromatic nitrogens is 1. The largest absolute Gasteiger partial charge is 0.494 e. The van der Waals surface area contributed by atoms with Crippen molar-refractivity contribution >= 4 is 22.7 Å². The lowest BCUT2D eigenvalue weighted by Gasteiger charge is -1.97. The van der Waals surface area contributed by atoms with Crippen molar-refractivity contribution in [2.24, 2.45) is 0 Å². The topological polar surface area (TPSA) is 53.1 Å². The average molecular weight is 307 g/mol. The zero-order valence-corrected chi connectivity index (χ0v) is 11.9. The van der Waals surface area contributed by atoms with Crippen molar-refractivity contribution in [1.29, 1.82) is 0 Å². The maximum atomic E-state index is 12.9. The molecule has 3 rings (SSSR count). The summed E-state index contributed by atoms with van der Waals surface area (Å²) in [5.74, 6) is -0.315. The minimum absolute atomic E-state index is 0.0586. The van der Waals surface area contributed by atoms with Crippen LogP contribution in [0.1, 0.15) is 9.75 Å². The van der Waals surface area contributed by atoms with Crippen LogP contribution in [0.4, 0.5) is 4.39 Å². The van der Waals surface area contributed by atoms with Gasteiger partial charge in [0, 0.05) is 16.2 Å². The highest BCUT2D eigenvalue weighted by Gasteiger charge is 2.10. The number of nitrogens with one attached hydrogen (secondary N) is 1. The summed E-state index contributed by atoms with van der Waals surface area (Å²) in [7, 11) is 0. The van der Waals surface area contributed by atoms with Crippen LogP contribution in [0.25, 0.3) is 10.4 Å². The lowest BCUT2D eigenvalue weighted by molar-refractivity contribution is 0.451. The smallest absolute Gasteiger partial charge is 0.307 e. The molecule has 0 saturated heterocycles. The van der Waals surface area contributed by atoms with Crippen LogP contribution in [-0.2, 0) is 6.42 Å². The van der Waals surface area contributed by atoms with Gasteiger partial charge < -0.3 is 5.11 Å². The first-order chi connectivity index (χ1) is 9.61. The first-order valence-corrected chi connectivity index (χ1v) is 7.51. The summed E-state index contributed by atoms with van der Waals surface area (Å²) < 4.78 is 12.9. The Labute approximate surface area is 122 Å². The predicted octanol–water partition coefficient (Wildman–Crippen LogP) is 3.60. The monoisotopic (exact) mass is 307 g/mol. The molecule has 20 heavy (non-hydrogen) atoms. The summed E-state index contributed by atoms with van der Waals surface area (Å²) in [5.41, 5.74) is 0.953. The van der Waals surface area contributed by atoms with Gasteiger partial charge in [-0.05, 0) is 29.8 Å². The van der Waals surface area contributed by atoms with Gasteiger partial charge in [0.1, 0.15) is 5.82 Å². The maximum absolute atomic E-state index is 12.9. The first kappa shape index (κ1) is 13.1. The Morgan fingerprint density at radius 2 is 1.85 bits per heavy atom. The van der Waals surface area contributed by atoms with E-state index >= 15 is 0 Å². The van der Waals surface area contributed by atoms with E-state index in [1.807, 2.05) is 12.1 Å². The summed E-state index contributed by atoms with van der Waals surface area (Å²) in [5, 5.41) is 9.56. The fraction of sp³-hybridized carbons (Fsp3) is 0.0714. The molecular weight excluding hydrogens is 297 g/mol. The average Bonchev–Trinajstić information content (AvgIpc) is 2.98. The molecule has 102 valence electrons. The molecule has 0 aliphatic carbocycles. The SMILES string of the molecule is O=c1[nH]c(O)c(Cc2ccc(-c3ccc(F)cc3)s2)s1. The van der Waals surface area contributed by atoms with Gasteiger partial charge >= 0.3 is 4.87 Å². The fourth-order valence-electron chi connectivity index (χ4n) is 1.87. The second kappa shape index (κ2) is 5.22. The Kier molecular flexibility index (Phi) is 3.42. The second-order valence-electron chi connectivity index (χ2n) is 4.24. The van der Waals surface area contributed by atoms with Crippen molar-refractivity contribution in [3.63, 3.8) is 0 Å². The van der Waals surface area contributed by atoms with E-state index in [-0.39, 0.29) is 16.6 Å². The highest BCUT2D eigenvalue weighted by Crippen LogP contribution is 2.31. The molecule has 2 aromatic heterocycles. The molecular formula is C14H10FNO2S2. The molecule has 0 aliphatic rings. The number of hydrogen-bond acceptors (Lipinski definition) is 4. The van der Waals surface area contributed by atoms with Crippen LogP contribution < -0.4 is 4.87 Å². The zero-order valence-electron chi connectivity index (χ0n) is 10.2. The van der Waals surface area contributed by atoms with Gasteiger partial charge in [0.05, 0.1) is 4.88 Å². The lowest BCUT2D eigenvalue weighted by atomic mass is 10.2. The van der Waals surface area contributed by atoms with Crippen molar-refractivity contribution in [3.8, 4) is 16.3 Å². The Balaban J connectivity index is 1.85. The van der Waals surface area contributed by atoms with E-state index in [1.54, 1.807) is 23.5 Å². The van der Waals surface area contributed by atoms with E-state index in [9.17, 15) is 14.3 Å². The molecule has 2 N–H and O–H groups in total. The Bertz CT molecular complexity index is 786. The minimum Gasteiger partial charge on any atom is -0.494 e. The molecule has 0 atom stereocenters. The Morgan fingerprint density at radius 3 is 2.50 bits per heavy atom. The van der Waals surface area contributed by atoms with Gasteiger partial charge in [0.2, 0.25) is 5.88 Å². The molecule has 0 saturated carbocycles. The van der Waals surface area contributed by atoms with Crippen LogP contribution >= 0.6 is 22.7 Å². The second-order valence-corrected chi connectivity index (χ2v) is 6.47. The quantitative estimate of drug-likeness (QED) is 0.777. The van der Waals surface area contributed by atoms with Gasteiger partial charge in [0.25, 0.3) is 0 Å². The lowest BCUT2D eigenvalue weighted by Crippen LogP contribution is -1.89. The summed E-state index contributed by atoms with van der Waals surface area (Å²) in [6.45, 7) is 0. The van der Waals surface area contributed by atoms with Crippen LogP contribution in [0, 0.1) is 5.82 Å².